The SMILES string of the molecule is O=C(NCCCN1CCOCC1)c1ccc(-c2cnn(-c3ccc(Cl)cc3)c2)nc1. The molecule has 3 heterocycles. The van der Waals surface area contributed by atoms with E-state index in [0.717, 1.165) is 56.2 Å². The van der Waals surface area contributed by atoms with Gasteiger partial charge in [0.05, 0.1) is 36.4 Å². The molecule has 0 bridgehead atoms. The van der Waals surface area contributed by atoms with Crippen LogP contribution in [0.25, 0.3) is 16.9 Å². The van der Waals surface area contributed by atoms with Crippen molar-refractivity contribution in [2.75, 3.05) is 39.4 Å². The molecule has 0 aliphatic carbocycles. The molecule has 0 spiro atoms. The molecule has 1 aliphatic rings. The molecule has 1 amide bonds. The van der Waals surface area contributed by atoms with Gasteiger partial charge >= 0.3 is 0 Å². The van der Waals surface area contributed by atoms with E-state index >= 15 is 0 Å². The molecule has 7 nitrogen and oxygen atoms in total. The highest BCUT2D eigenvalue weighted by atomic mass is 35.5. The Balaban J connectivity index is 1.30. The van der Waals surface area contributed by atoms with Crippen LogP contribution in [0.1, 0.15) is 16.8 Å². The summed E-state index contributed by atoms with van der Waals surface area (Å²) in [5.41, 5.74) is 3.11. The van der Waals surface area contributed by atoms with Gasteiger partial charge in [0.15, 0.2) is 0 Å². The van der Waals surface area contributed by atoms with Gasteiger partial charge in [-0.1, -0.05) is 11.6 Å². The standard InChI is InChI=1S/C22H24ClN5O2/c23-19-3-5-20(6-4-19)28-16-18(15-26-28)21-7-2-17(14-25-21)22(29)24-8-1-9-27-10-12-30-13-11-27/h2-7,14-16H,1,8-13H2,(H,24,29). The summed E-state index contributed by atoms with van der Waals surface area (Å²) in [4.78, 5) is 19.1. The van der Waals surface area contributed by atoms with E-state index < -0.39 is 0 Å². The summed E-state index contributed by atoms with van der Waals surface area (Å²) in [6, 6.07) is 11.1. The number of benzene rings is 1. The second-order valence-corrected chi connectivity index (χ2v) is 7.58. The van der Waals surface area contributed by atoms with Crippen LogP contribution >= 0.6 is 11.6 Å². The van der Waals surface area contributed by atoms with Crippen molar-refractivity contribution in [1.29, 1.82) is 0 Å². The van der Waals surface area contributed by atoms with Gasteiger partial charge in [0.1, 0.15) is 0 Å². The third kappa shape index (κ3) is 5.24. The third-order valence-electron chi connectivity index (χ3n) is 5.04. The molecule has 30 heavy (non-hydrogen) atoms. The van der Waals surface area contributed by atoms with Gasteiger partial charge in [-0.25, -0.2) is 4.68 Å². The van der Waals surface area contributed by atoms with E-state index in [1.165, 1.54) is 0 Å². The van der Waals surface area contributed by atoms with Crippen molar-refractivity contribution in [1.82, 2.24) is 25.0 Å². The Labute approximate surface area is 180 Å². The van der Waals surface area contributed by atoms with Crippen LogP contribution < -0.4 is 5.32 Å². The second-order valence-electron chi connectivity index (χ2n) is 7.15. The molecule has 1 aromatic carbocycles. The quantitative estimate of drug-likeness (QED) is 0.589. The average Bonchev–Trinajstić information content (AvgIpc) is 3.28. The fourth-order valence-corrected chi connectivity index (χ4v) is 3.45. The second kappa shape index (κ2) is 9.84. The first-order valence-electron chi connectivity index (χ1n) is 10.0. The number of morpholine rings is 1. The Morgan fingerprint density at radius 3 is 2.63 bits per heavy atom. The van der Waals surface area contributed by atoms with Crippen LogP contribution in [-0.2, 0) is 4.74 Å². The number of carbonyl (C=O) groups is 1. The van der Waals surface area contributed by atoms with Crippen molar-refractivity contribution in [3.63, 3.8) is 0 Å². The molecule has 1 saturated heterocycles. The van der Waals surface area contributed by atoms with Gasteiger partial charge in [-0.2, -0.15) is 5.10 Å². The zero-order chi connectivity index (χ0) is 20.8. The average molecular weight is 426 g/mol. The van der Waals surface area contributed by atoms with Crippen molar-refractivity contribution >= 4 is 17.5 Å². The highest BCUT2D eigenvalue weighted by Crippen LogP contribution is 2.19. The Morgan fingerprint density at radius 1 is 1.10 bits per heavy atom. The highest BCUT2D eigenvalue weighted by Gasteiger charge is 2.11. The minimum atomic E-state index is -0.104. The number of rotatable bonds is 7. The molecule has 4 rings (SSSR count). The van der Waals surface area contributed by atoms with Crippen LogP contribution in [0.3, 0.4) is 0 Å². The first kappa shape index (κ1) is 20.5. The van der Waals surface area contributed by atoms with Crippen molar-refractivity contribution in [3.8, 4) is 16.9 Å². The van der Waals surface area contributed by atoms with Crippen LogP contribution in [-0.4, -0.2) is 65.0 Å². The molecule has 3 aromatic rings. The van der Waals surface area contributed by atoms with Crippen LogP contribution in [0.5, 0.6) is 0 Å². The molecule has 0 unspecified atom stereocenters. The molecule has 1 fully saturated rings. The summed E-state index contributed by atoms with van der Waals surface area (Å²) in [6.45, 7) is 5.14. The predicted molar refractivity (Wildman–Crippen MR) is 116 cm³/mol. The van der Waals surface area contributed by atoms with Gasteiger partial charge in [-0.15, -0.1) is 0 Å². The fourth-order valence-electron chi connectivity index (χ4n) is 3.32. The number of aromatic nitrogens is 3. The predicted octanol–water partition coefficient (Wildman–Crippen LogP) is 3.04. The van der Waals surface area contributed by atoms with Gasteiger partial charge in [-0.3, -0.25) is 14.7 Å². The van der Waals surface area contributed by atoms with Crippen LogP contribution in [0.2, 0.25) is 5.02 Å². The van der Waals surface area contributed by atoms with Gasteiger partial charge in [-0.05, 0) is 49.4 Å². The normalized spacial score (nSPS) is 14.6. The van der Waals surface area contributed by atoms with Crippen molar-refractivity contribution in [3.05, 3.63) is 65.6 Å². The van der Waals surface area contributed by atoms with Gasteiger partial charge < -0.3 is 10.1 Å². The van der Waals surface area contributed by atoms with E-state index in [1.54, 1.807) is 23.1 Å². The lowest BCUT2D eigenvalue weighted by Crippen LogP contribution is -2.38. The Kier molecular flexibility index (Phi) is 6.74. The summed E-state index contributed by atoms with van der Waals surface area (Å²) in [6.07, 6.45) is 6.17. The van der Waals surface area contributed by atoms with E-state index in [-0.39, 0.29) is 5.91 Å². The van der Waals surface area contributed by atoms with E-state index in [9.17, 15) is 4.79 Å². The number of halogens is 1. The smallest absolute Gasteiger partial charge is 0.252 e. The number of ether oxygens (including phenoxy) is 1. The van der Waals surface area contributed by atoms with E-state index in [0.29, 0.717) is 17.1 Å². The van der Waals surface area contributed by atoms with Crippen LogP contribution in [0.15, 0.2) is 55.0 Å². The van der Waals surface area contributed by atoms with E-state index in [4.69, 9.17) is 16.3 Å². The molecule has 0 atom stereocenters. The number of carbonyl (C=O) groups excluding carboxylic acids is 1. The van der Waals surface area contributed by atoms with Gasteiger partial charge in [0, 0.05) is 42.6 Å². The maximum Gasteiger partial charge on any atom is 0.252 e. The Bertz CT molecular complexity index is 966. The van der Waals surface area contributed by atoms with Crippen molar-refractivity contribution < 1.29 is 9.53 Å². The maximum absolute atomic E-state index is 12.3. The van der Waals surface area contributed by atoms with Gasteiger partial charge in [0.25, 0.3) is 5.91 Å². The number of amides is 1. The van der Waals surface area contributed by atoms with Crippen molar-refractivity contribution in [2.45, 2.75) is 6.42 Å². The van der Waals surface area contributed by atoms with Crippen LogP contribution in [0.4, 0.5) is 0 Å². The molecule has 0 radical (unpaired) electrons. The molecule has 1 aliphatic heterocycles. The summed E-state index contributed by atoms with van der Waals surface area (Å²) >= 11 is 5.94. The zero-order valence-corrected chi connectivity index (χ0v) is 17.4. The molecule has 2 aromatic heterocycles. The van der Waals surface area contributed by atoms with Gasteiger partial charge in [0.2, 0.25) is 0 Å². The third-order valence-corrected chi connectivity index (χ3v) is 5.29. The van der Waals surface area contributed by atoms with Crippen molar-refractivity contribution in [2.24, 2.45) is 0 Å². The number of nitrogens with one attached hydrogen (secondary N) is 1. The molecular weight excluding hydrogens is 402 g/mol. The first-order chi connectivity index (χ1) is 14.7. The Morgan fingerprint density at radius 2 is 1.90 bits per heavy atom. The van der Waals surface area contributed by atoms with E-state index in [1.807, 2.05) is 36.5 Å². The minimum Gasteiger partial charge on any atom is -0.379 e. The monoisotopic (exact) mass is 425 g/mol. The lowest BCUT2D eigenvalue weighted by atomic mass is 10.2. The maximum atomic E-state index is 12.3. The molecule has 8 heteroatoms. The number of hydrogen-bond acceptors (Lipinski definition) is 5. The summed E-state index contributed by atoms with van der Waals surface area (Å²) < 4.78 is 7.11. The van der Waals surface area contributed by atoms with Crippen LogP contribution in [0, 0.1) is 0 Å². The summed E-state index contributed by atoms with van der Waals surface area (Å²) in [5.74, 6) is -0.104. The highest BCUT2D eigenvalue weighted by molar-refractivity contribution is 6.30. The fraction of sp³-hybridized carbons (Fsp3) is 0.318. The van der Waals surface area contributed by atoms with E-state index in [2.05, 4.69) is 20.3 Å². The lowest BCUT2D eigenvalue weighted by molar-refractivity contribution is 0.0374. The summed E-state index contributed by atoms with van der Waals surface area (Å²) in [7, 11) is 0. The molecule has 0 saturated carbocycles. The largest absolute Gasteiger partial charge is 0.379 e. The summed E-state index contributed by atoms with van der Waals surface area (Å²) in [5, 5.41) is 8.03. The zero-order valence-electron chi connectivity index (χ0n) is 16.6. The number of hydrogen-bond donors (Lipinski definition) is 1. The number of pyridine rings is 1. The molecule has 1 N–H and O–H groups in total. The molecule has 156 valence electrons. The Hall–Kier alpha value is -2.74. The minimum absolute atomic E-state index is 0.104. The number of nitrogens with zero attached hydrogens (tertiary/aromatic N) is 4. The molecular formula is C22H24ClN5O2. The topological polar surface area (TPSA) is 72.3 Å². The first-order valence-corrected chi connectivity index (χ1v) is 10.4. The lowest BCUT2D eigenvalue weighted by Gasteiger charge is -2.26.